The van der Waals surface area contributed by atoms with E-state index in [9.17, 15) is 19.2 Å². The summed E-state index contributed by atoms with van der Waals surface area (Å²) in [5.41, 5.74) is 0.468. The second-order valence-corrected chi connectivity index (χ2v) is 8.21. The number of benzene rings is 1. The van der Waals surface area contributed by atoms with Gasteiger partial charge in [-0.05, 0) is 45.4 Å². The van der Waals surface area contributed by atoms with Gasteiger partial charge >= 0.3 is 23.9 Å². The van der Waals surface area contributed by atoms with Crippen molar-refractivity contribution >= 4 is 23.9 Å². The largest absolute Gasteiger partial charge is 0.493 e. The molecule has 0 bridgehead atoms. The molecule has 40 heavy (non-hydrogen) atoms. The summed E-state index contributed by atoms with van der Waals surface area (Å²) in [5, 5.41) is 2.96. The van der Waals surface area contributed by atoms with E-state index in [2.05, 4.69) is 5.32 Å². The number of ether oxygens (including phenoxy) is 7. The molecule has 0 aromatic heterocycles. The Labute approximate surface area is 233 Å². The van der Waals surface area contributed by atoms with Crippen LogP contribution in [0, 0.1) is 0 Å². The monoisotopic (exact) mass is 563 g/mol. The quantitative estimate of drug-likeness (QED) is 0.262. The smallest absolute Gasteiger partial charge is 0.336 e. The van der Waals surface area contributed by atoms with Crippen LogP contribution in [0.2, 0.25) is 0 Å². The predicted molar refractivity (Wildman–Crippen MR) is 142 cm³/mol. The molecule has 0 atom stereocenters. The number of carbonyl (C=O) groups is 4. The van der Waals surface area contributed by atoms with Crippen LogP contribution >= 0.6 is 0 Å². The molecule has 1 aliphatic rings. The Bertz CT molecular complexity index is 1090. The number of esters is 4. The maximum Gasteiger partial charge on any atom is 0.336 e. The Kier molecular flexibility index (Phi) is 12.3. The minimum absolute atomic E-state index is 0.0190. The molecule has 1 aliphatic heterocycles. The van der Waals surface area contributed by atoms with E-state index < -0.39 is 29.8 Å². The molecule has 2 rings (SSSR count). The minimum atomic E-state index is -1.16. The molecule has 0 aliphatic carbocycles. The lowest BCUT2D eigenvalue weighted by atomic mass is 9.78. The third-order valence-electron chi connectivity index (χ3n) is 5.79. The van der Waals surface area contributed by atoms with Crippen molar-refractivity contribution in [3.63, 3.8) is 0 Å². The first-order chi connectivity index (χ1) is 19.2. The van der Waals surface area contributed by atoms with Crippen LogP contribution in [-0.4, -0.2) is 71.6 Å². The maximum absolute atomic E-state index is 13.5. The number of nitrogens with one attached hydrogen (secondary N) is 1. The van der Waals surface area contributed by atoms with E-state index in [1.165, 1.54) is 21.3 Å². The summed E-state index contributed by atoms with van der Waals surface area (Å²) in [6, 6.07) is 3.14. The van der Waals surface area contributed by atoms with Gasteiger partial charge < -0.3 is 38.5 Å². The molecule has 1 aromatic carbocycles. The number of dihydropyridines is 1. The summed E-state index contributed by atoms with van der Waals surface area (Å²) in [5.74, 6) is -3.22. The highest BCUT2D eigenvalue weighted by molar-refractivity contribution is 6.01. The van der Waals surface area contributed by atoms with Crippen molar-refractivity contribution in [1.29, 1.82) is 0 Å². The topological polar surface area (TPSA) is 145 Å². The summed E-state index contributed by atoms with van der Waals surface area (Å²) >= 11 is 0. The van der Waals surface area contributed by atoms with Gasteiger partial charge in [-0.3, -0.25) is 9.59 Å². The lowest BCUT2D eigenvalue weighted by molar-refractivity contribution is -0.143. The van der Waals surface area contributed by atoms with Gasteiger partial charge in [0.2, 0.25) is 5.75 Å². The van der Waals surface area contributed by atoms with E-state index in [4.69, 9.17) is 33.2 Å². The third kappa shape index (κ3) is 7.45. The van der Waals surface area contributed by atoms with Gasteiger partial charge in [0.1, 0.15) is 0 Å². The highest BCUT2D eigenvalue weighted by Crippen LogP contribution is 2.46. The van der Waals surface area contributed by atoms with Gasteiger partial charge in [0.25, 0.3) is 0 Å². The molecule has 0 fully saturated rings. The van der Waals surface area contributed by atoms with Gasteiger partial charge in [-0.2, -0.15) is 0 Å². The molecule has 1 N–H and O–H groups in total. The van der Waals surface area contributed by atoms with Crippen LogP contribution < -0.4 is 19.5 Å². The fraction of sp³-hybridized carbons (Fsp3) is 0.500. The number of carbonyl (C=O) groups excluding carboxylic acids is 4. The molecule has 12 heteroatoms. The van der Waals surface area contributed by atoms with Crippen molar-refractivity contribution in [1.82, 2.24) is 5.32 Å². The first-order valence-corrected chi connectivity index (χ1v) is 12.9. The van der Waals surface area contributed by atoms with Crippen LogP contribution in [-0.2, 0) is 38.1 Å². The van der Waals surface area contributed by atoms with Crippen LogP contribution in [0.5, 0.6) is 17.2 Å². The highest BCUT2D eigenvalue weighted by Gasteiger charge is 2.41. The number of hydrogen-bond acceptors (Lipinski definition) is 12. The summed E-state index contributed by atoms with van der Waals surface area (Å²) in [6.45, 7) is 6.81. The van der Waals surface area contributed by atoms with Crippen molar-refractivity contribution in [3.05, 3.63) is 40.2 Å². The van der Waals surface area contributed by atoms with E-state index >= 15 is 0 Å². The van der Waals surface area contributed by atoms with Gasteiger partial charge in [-0.15, -0.1) is 0 Å². The molecule has 0 saturated carbocycles. The van der Waals surface area contributed by atoms with E-state index in [0.29, 0.717) is 5.56 Å². The zero-order valence-corrected chi connectivity index (χ0v) is 24.0. The average Bonchev–Trinajstić information content (AvgIpc) is 2.92. The van der Waals surface area contributed by atoms with Crippen LogP contribution in [0.1, 0.15) is 52.0 Å². The molecule has 1 aromatic rings. The van der Waals surface area contributed by atoms with Crippen LogP contribution in [0.4, 0.5) is 0 Å². The summed E-state index contributed by atoms with van der Waals surface area (Å²) in [4.78, 5) is 52.2. The van der Waals surface area contributed by atoms with Crippen LogP contribution in [0.3, 0.4) is 0 Å². The van der Waals surface area contributed by atoms with E-state index in [1.807, 2.05) is 0 Å². The Morgan fingerprint density at radius 2 is 1.05 bits per heavy atom. The first-order valence-electron chi connectivity index (χ1n) is 12.9. The summed E-state index contributed by atoms with van der Waals surface area (Å²) in [7, 11) is 4.28. The number of hydrogen-bond donors (Lipinski definition) is 1. The van der Waals surface area contributed by atoms with Crippen molar-refractivity contribution < 1.29 is 52.3 Å². The molecule has 0 saturated heterocycles. The fourth-order valence-corrected chi connectivity index (χ4v) is 4.30. The Morgan fingerprint density at radius 1 is 0.650 bits per heavy atom. The zero-order chi connectivity index (χ0) is 29.8. The van der Waals surface area contributed by atoms with Crippen molar-refractivity contribution in [2.45, 2.75) is 46.5 Å². The van der Waals surface area contributed by atoms with E-state index in [1.54, 1.807) is 39.8 Å². The zero-order valence-electron chi connectivity index (χ0n) is 24.0. The van der Waals surface area contributed by atoms with Crippen molar-refractivity contribution in [2.24, 2.45) is 0 Å². The van der Waals surface area contributed by atoms with E-state index in [-0.39, 0.29) is 79.1 Å². The Hall–Kier alpha value is -4.22. The van der Waals surface area contributed by atoms with Gasteiger partial charge in [0, 0.05) is 11.4 Å². The van der Waals surface area contributed by atoms with E-state index in [0.717, 1.165) is 0 Å². The highest BCUT2D eigenvalue weighted by atomic mass is 16.5. The van der Waals surface area contributed by atoms with Crippen LogP contribution in [0.15, 0.2) is 34.7 Å². The van der Waals surface area contributed by atoms with Gasteiger partial charge in [0.15, 0.2) is 11.5 Å². The molecular weight excluding hydrogens is 526 g/mol. The molecule has 0 radical (unpaired) electrons. The van der Waals surface area contributed by atoms with Crippen molar-refractivity contribution in [2.75, 3.05) is 47.8 Å². The minimum Gasteiger partial charge on any atom is -0.493 e. The van der Waals surface area contributed by atoms with Gasteiger partial charge in [-0.25, -0.2) is 9.59 Å². The molecular formula is C28H37NO11. The number of methoxy groups -OCH3 is 3. The Morgan fingerprint density at radius 3 is 1.38 bits per heavy atom. The van der Waals surface area contributed by atoms with Gasteiger partial charge in [0.05, 0.1) is 77.7 Å². The van der Waals surface area contributed by atoms with Gasteiger partial charge in [-0.1, -0.05) is 0 Å². The third-order valence-corrected chi connectivity index (χ3v) is 5.79. The SMILES string of the molecule is CCOC(=O)CC1=C(C(=O)OCC)C(c2cc(OC)c(OC)c(OC)c2)C(C(=O)OCC)=C(CC(=O)OCC)N1. The molecule has 220 valence electrons. The van der Waals surface area contributed by atoms with Crippen LogP contribution in [0.25, 0.3) is 0 Å². The predicted octanol–water partition coefficient (Wildman–Crippen LogP) is 2.94. The molecule has 12 nitrogen and oxygen atoms in total. The lowest BCUT2D eigenvalue weighted by Crippen LogP contribution is -2.36. The molecule has 0 unspecified atom stereocenters. The standard InChI is InChI=1S/C28H37NO11/c1-8-37-21(30)14-17-24(27(32)39-10-3)23(16-12-19(34-5)26(36-7)20(13-16)35-6)25(28(33)40-11-4)18(29-17)15-22(31)38-9-2/h12-13,23,29H,8-11,14-15H2,1-7H3. The van der Waals surface area contributed by atoms with Crippen molar-refractivity contribution in [3.8, 4) is 17.2 Å². The summed E-state index contributed by atoms with van der Waals surface area (Å²) < 4.78 is 37.4. The fourth-order valence-electron chi connectivity index (χ4n) is 4.30. The second kappa shape index (κ2) is 15.4. The Balaban J connectivity index is 3.00. The molecule has 0 amide bonds. The molecule has 1 heterocycles. The second-order valence-electron chi connectivity index (χ2n) is 8.21. The summed E-state index contributed by atoms with van der Waals surface area (Å²) in [6.07, 6.45) is -0.739. The molecule has 0 spiro atoms. The first kappa shape index (κ1) is 32.0. The number of rotatable bonds is 14. The normalized spacial score (nSPS) is 13.3. The lowest BCUT2D eigenvalue weighted by Gasteiger charge is -2.32. The average molecular weight is 564 g/mol. The maximum atomic E-state index is 13.5.